The lowest BCUT2D eigenvalue weighted by Crippen LogP contribution is -1.92. The molecule has 0 aromatic carbocycles. The van der Waals surface area contributed by atoms with Gasteiger partial charge in [0.25, 0.3) is 0 Å². The Morgan fingerprint density at radius 1 is 1.23 bits per heavy atom. The molecule has 0 aromatic heterocycles. The van der Waals surface area contributed by atoms with Crippen LogP contribution in [0.25, 0.3) is 0 Å². The van der Waals surface area contributed by atoms with Crippen molar-refractivity contribution < 1.29 is 9.47 Å². The van der Waals surface area contributed by atoms with E-state index in [9.17, 15) is 0 Å². The van der Waals surface area contributed by atoms with E-state index < -0.39 is 0 Å². The maximum Gasteiger partial charge on any atom is 0.0983 e. The first kappa shape index (κ1) is 12.1. The molecule has 0 saturated heterocycles. The topological polar surface area (TPSA) is 18.5 Å². The van der Waals surface area contributed by atoms with E-state index in [4.69, 9.17) is 9.47 Å². The number of hydrogen-bond acceptors (Lipinski definition) is 2. The molecule has 0 aliphatic carbocycles. The molecule has 0 atom stereocenters. The van der Waals surface area contributed by atoms with Crippen molar-refractivity contribution in [1.82, 2.24) is 0 Å². The van der Waals surface area contributed by atoms with Crippen molar-refractivity contribution in [3.63, 3.8) is 0 Å². The smallest absolute Gasteiger partial charge is 0.0983 e. The predicted molar refractivity (Wildman–Crippen MR) is 55.4 cm³/mol. The van der Waals surface area contributed by atoms with E-state index in [1.807, 2.05) is 27.7 Å². The molecule has 0 aromatic rings. The van der Waals surface area contributed by atoms with Gasteiger partial charge < -0.3 is 9.47 Å². The lowest BCUT2D eigenvalue weighted by Gasteiger charge is -2.08. The molecule has 0 aliphatic rings. The summed E-state index contributed by atoms with van der Waals surface area (Å²) in [6.07, 6.45) is 2.63. The summed E-state index contributed by atoms with van der Waals surface area (Å²) < 4.78 is 10.4. The SMILES string of the molecule is CCOC=C(C)CC(OC)=C(C)C. The average molecular weight is 184 g/mol. The summed E-state index contributed by atoms with van der Waals surface area (Å²) in [4.78, 5) is 0. The van der Waals surface area contributed by atoms with Crippen LogP contribution in [0, 0.1) is 0 Å². The van der Waals surface area contributed by atoms with Crippen LogP contribution in [0.1, 0.15) is 34.1 Å². The molecule has 0 saturated carbocycles. The number of ether oxygens (including phenoxy) is 2. The van der Waals surface area contributed by atoms with Crippen LogP contribution in [0.2, 0.25) is 0 Å². The lowest BCUT2D eigenvalue weighted by molar-refractivity contribution is 0.258. The molecule has 0 bridgehead atoms. The van der Waals surface area contributed by atoms with Gasteiger partial charge in [-0.2, -0.15) is 0 Å². The molecule has 2 nitrogen and oxygen atoms in total. The zero-order valence-electron chi connectivity index (χ0n) is 9.31. The molecule has 0 spiro atoms. The second kappa shape index (κ2) is 6.58. The minimum Gasteiger partial charge on any atom is -0.502 e. The minimum absolute atomic E-state index is 0.717. The summed E-state index contributed by atoms with van der Waals surface area (Å²) in [7, 11) is 1.70. The second-order valence-corrected chi connectivity index (χ2v) is 3.22. The second-order valence-electron chi connectivity index (χ2n) is 3.22. The van der Waals surface area contributed by atoms with E-state index in [1.165, 1.54) is 11.1 Å². The molecule has 2 heteroatoms. The van der Waals surface area contributed by atoms with E-state index in [2.05, 4.69) is 0 Å². The van der Waals surface area contributed by atoms with Gasteiger partial charge in [0.05, 0.1) is 25.7 Å². The Morgan fingerprint density at radius 2 is 1.85 bits per heavy atom. The van der Waals surface area contributed by atoms with Crippen molar-refractivity contribution in [2.75, 3.05) is 13.7 Å². The Kier molecular flexibility index (Phi) is 6.11. The van der Waals surface area contributed by atoms with Crippen LogP contribution < -0.4 is 0 Å². The third-order valence-electron chi connectivity index (χ3n) is 1.69. The Morgan fingerprint density at radius 3 is 2.23 bits per heavy atom. The standard InChI is InChI=1S/C11H20O2/c1-6-13-8-10(4)7-11(12-5)9(2)3/h8H,6-7H2,1-5H3. The maximum atomic E-state index is 5.25. The summed E-state index contributed by atoms with van der Waals surface area (Å²) in [6.45, 7) is 8.83. The Balaban J connectivity index is 4.17. The van der Waals surface area contributed by atoms with Crippen molar-refractivity contribution in [3.05, 3.63) is 23.2 Å². The third-order valence-corrected chi connectivity index (χ3v) is 1.69. The minimum atomic E-state index is 0.717. The Bertz CT molecular complexity index is 198. The molecule has 0 rings (SSSR count). The molecule has 13 heavy (non-hydrogen) atoms. The van der Waals surface area contributed by atoms with Crippen molar-refractivity contribution in [2.45, 2.75) is 34.1 Å². The quantitative estimate of drug-likeness (QED) is 0.610. The van der Waals surface area contributed by atoms with Gasteiger partial charge in [-0.1, -0.05) is 0 Å². The highest BCUT2D eigenvalue weighted by Crippen LogP contribution is 2.14. The van der Waals surface area contributed by atoms with Crippen molar-refractivity contribution in [1.29, 1.82) is 0 Å². The van der Waals surface area contributed by atoms with Gasteiger partial charge in [0.1, 0.15) is 0 Å². The van der Waals surface area contributed by atoms with Crippen molar-refractivity contribution in [3.8, 4) is 0 Å². The number of methoxy groups -OCH3 is 1. The summed E-state index contributed by atoms with van der Waals surface area (Å²) in [5.74, 6) is 1.02. The number of allylic oxidation sites excluding steroid dienone is 2. The van der Waals surface area contributed by atoms with Crippen LogP contribution in [-0.2, 0) is 9.47 Å². The highest BCUT2D eigenvalue weighted by Gasteiger charge is 2.00. The fourth-order valence-corrected chi connectivity index (χ4v) is 0.974. The van der Waals surface area contributed by atoms with E-state index in [0.29, 0.717) is 6.61 Å². The molecular weight excluding hydrogens is 164 g/mol. The van der Waals surface area contributed by atoms with Gasteiger partial charge in [-0.15, -0.1) is 0 Å². The van der Waals surface area contributed by atoms with Crippen LogP contribution in [-0.4, -0.2) is 13.7 Å². The van der Waals surface area contributed by atoms with Crippen LogP contribution in [0.15, 0.2) is 23.2 Å². The van der Waals surface area contributed by atoms with Gasteiger partial charge in [-0.05, 0) is 38.8 Å². The van der Waals surface area contributed by atoms with Gasteiger partial charge >= 0.3 is 0 Å². The van der Waals surface area contributed by atoms with Crippen LogP contribution in [0.5, 0.6) is 0 Å². The lowest BCUT2D eigenvalue weighted by atomic mass is 10.1. The number of rotatable bonds is 5. The number of hydrogen-bond donors (Lipinski definition) is 0. The summed E-state index contributed by atoms with van der Waals surface area (Å²) in [6, 6.07) is 0. The van der Waals surface area contributed by atoms with Gasteiger partial charge in [-0.25, -0.2) is 0 Å². The Hall–Kier alpha value is -0.920. The first-order chi connectivity index (χ1) is 6.11. The molecule has 0 heterocycles. The molecule has 76 valence electrons. The third kappa shape index (κ3) is 5.34. The molecule has 0 N–H and O–H groups in total. The fourth-order valence-electron chi connectivity index (χ4n) is 0.974. The average Bonchev–Trinajstić information content (AvgIpc) is 2.10. The molecule has 0 unspecified atom stereocenters. The molecule has 0 fully saturated rings. The summed E-state index contributed by atoms with van der Waals surface area (Å²) >= 11 is 0. The first-order valence-corrected chi connectivity index (χ1v) is 4.59. The van der Waals surface area contributed by atoms with Crippen LogP contribution in [0.3, 0.4) is 0 Å². The van der Waals surface area contributed by atoms with Crippen molar-refractivity contribution >= 4 is 0 Å². The monoisotopic (exact) mass is 184 g/mol. The highest BCUT2D eigenvalue weighted by atomic mass is 16.5. The zero-order valence-corrected chi connectivity index (χ0v) is 9.31. The summed E-state index contributed by atoms with van der Waals surface area (Å²) in [5.41, 5.74) is 2.40. The van der Waals surface area contributed by atoms with Gasteiger partial charge in [0.2, 0.25) is 0 Å². The fraction of sp³-hybridized carbons (Fsp3) is 0.636. The highest BCUT2D eigenvalue weighted by molar-refractivity contribution is 5.11. The van der Waals surface area contributed by atoms with Crippen LogP contribution >= 0.6 is 0 Å². The molecule has 0 aliphatic heterocycles. The van der Waals surface area contributed by atoms with Gasteiger partial charge in [-0.3, -0.25) is 0 Å². The summed E-state index contributed by atoms with van der Waals surface area (Å²) in [5, 5.41) is 0. The van der Waals surface area contributed by atoms with Gasteiger partial charge in [0, 0.05) is 6.42 Å². The maximum absolute atomic E-state index is 5.25. The molecular formula is C11H20O2. The first-order valence-electron chi connectivity index (χ1n) is 4.59. The normalized spacial score (nSPS) is 11.0. The Labute approximate surface area is 81.2 Å². The van der Waals surface area contributed by atoms with E-state index in [0.717, 1.165) is 12.2 Å². The van der Waals surface area contributed by atoms with E-state index in [-0.39, 0.29) is 0 Å². The molecule has 0 amide bonds. The zero-order chi connectivity index (χ0) is 10.3. The largest absolute Gasteiger partial charge is 0.502 e. The van der Waals surface area contributed by atoms with Gasteiger partial charge in [0.15, 0.2) is 0 Å². The molecule has 0 radical (unpaired) electrons. The van der Waals surface area contributed by atoms with Crippen molar-refractivity contribution in [2.24, 2.45) is 0 Å². The van der Waals surface area contributed by atoms with Crippen LogP contribution in [0.4, 0.5) is 0 Å². The van der Waals surface area contributed by atoms with E-state index >= 15 is 0 Å². The predicted octanol–water partition coefficient (Wildman–Crippen LogP) is 3.26. The van der Waals surface area contributed by atoms with E-state index in [1.54, 1.807) is 13.4 Å².